The quantitative estimate of drug-likeness (QED) is 0.815. The van der Waals surface area contributed by atoms with Crippen molar-refractivity contribution >= 4 is 11.8 Å². The van der Waals surface area contributed by atoms with Crippen LogP contribution in [0.5, 0.6) is 0 Å². The zero-order valence-corrected chi connectivity index (χ0v) is 12.6. The average Bonchev–Trinajstić information content (AvgIpc) is 2.34. The van der Waals surface area contributed by atoms with Gasteiger partial charge in [-0.05, 0) is 50.2 Å². The topological polar surface area (TPSA) is 12.0 Å². The average molecular weight is 255 g/mol. The Morgan fingerprint density at radius 3 is 2.41 bits per heavy atom. The lowest BCUT2D eigenvalue weighted by atomic mass is 9.78. The highest BCUT2D eigenvalue weighted by atomic mass is 32.2. The SMILES string of the molecule is CSC1CCCCC1NC1CCC(C)C(C)C1. The van der Waals surface area contributed by atoms with Crippen molar-refractivity contribution in [3.05, 3.63) is 0 Å². The first-order valence-electron chi connectivity index (χ1n) is 7.49. The van der Waals surface area contributed by atoms with E-state index in [0.717, 1.165) is 29.2 Å². The molecular weight excluding hydrogens is 226 g/mol. The van der Waals surface area contributed by atoms with Crippen molar-refractivity contribution in [2.75, 3.05) is 6.26 Å². The Bertz CT molecular complexity index is 231. The van der Waals surface area contributed by atoms with Crippen LogP contribution in [0, 0.1) is 11.8 Å². The predicted octanol–water partition coefficient (Wildman–Crippen LogP) is 4.07. The molecule has 2 saturated carbocycles. The van der Waals surface area contributed by atoms with Gasteiger partial charge in [-0.3, -0.25) is 0 Å². The molecule has 0 aromatic rings. The second-order valence-corrected chi connectivity index (χ2v) is 7.37. The molecule has 0 bridgehead atoms. The van der Waals surface area contributed by atoms with E-state index in [4.69, 9.17) is 0 Å². The first-order valence-corrected chi connectivity index (χ1v) is 8.78. The lowest BCUT2D eigenvalue weighted by molar-refractivity contribution is 0.205. The maximum atomic E-state index is 3.99. The van der Waals surface area contributed by atoms with Crippen LogP contribution in [0.15, 0.2) is 0 Å². The summed E-state index contributed by atoms with van der Waals surface area (Å²) in [7, 11) is 0. The number of hydrogen-bond donors (Lipinski definition) is 1. The molecule has 2 heteroatoms. The number of nitrogens with one attached hydrogen (secondary N) is 1. The van der Waals surface area contributed by atoms with Gasteiger partial charge in [0.25, 0.3) is 0 Å². The Morgan fingerprint density at radius 1 is 0.941 bits per heavy atom. The third-order valence-electron chi connectivity index (χ3n) is 5.05. The molecule has 5 atom stereocenters. The van der Waals surface area contributed by atoms with Gasteiger partial charge in [0.2, 0.25) is 0 Å². The molecule has 100 valence electrons. The molecule has 0 saturated heterocycles. The largest absolute Gasteiger partial charge is 0.310 e. The monoisotopic (exact) mass is 255 g/mol. The van der Waals surface area contributed by atoms with E-state index in [-0.39, 0.29) is 0 Å². The van der Waals surface area contributed by atoms with Crippen molar-refractivity contribution < 1.29 is 0 Å². The summed E-state index contributed by atoms with van der Waals surface area (Å²) in [5.74, 6) is 1.85. The first kappa shape index (κ1) is 13.7. The second-order valence-electron chi connectivity index (χ2n) is 6.30. The van der Waals surface area contributed by atoms with Crippen LogP contribution in [0.1, 0.15) is 58.8 Å². The van der Waals surface area contributed by atoms with Gasteiger partial charge >= 0.3 is 0 Å². The molecule has 0 aromatic carbocycles. The molecule has 2 rings (SSSR count). The minimum Gasteiger partial charge on any atom is -0.310 e. The zero-order chi connectivity index (χ0) is 12.3. The number of hydrogen-bond acceptors (Lipinski definition) is 2. The van der Waals surface area contributed by atoms with Crippen molar-refractivity contribution in [3.63, 3.8) is 0 Å². The number of thioether (sulfide) groups is 1. The fourth-order valence-corrected chi connectivity index (χ4v) is 4.52. The van der Waals surface area contributed by atoms with Crippen LogP contribution in [-0.2, 0) is 0 Å². The van der Waals surface area contributed by atoms with E-state index in [2.05, 4.69) is 37.2 Å². The standard InChI is InChI=1S/C15H29NS/c1-11-8-9-13(10-12(11)2)16-14-6-4-5-7-15(14)17-3/h11-16H,4-10H2,1-3H3. The van der Waals surface area contributed by atoms with Crippen LogP contribution in [0.2, 0.25) is 0 Å². The molecule has 5 unspecified atom stereocenters. The molecule has 0 amide bonds. The Balaban J connectivity index is 1.83. The van der Waals surface area contributed by atoms with Crippen LogP contribution < -0.4 is 5.32 Å². The molecule has 0 spiro atoms. The summed E-state index contributed by atoms with van der Waals surface area (Å²) in [6, 6.07) is 1.60. The minimum absolute atomic E-state index is 0.796. The van der Waals surface area contributed by atoms with Gasteiger partial charge in [-0.2, -0.15) is 11.8 Å². The van der Waals surface area contributed by atoms with Crippen molar-refractivity contribution in [1.29, 1.82) is 0 Å². The van der Waals surface area contributed by atoms with Gasteiger partial charge in [-0.25, -0.2) is 0 Å². The van der Waals surface area contributed by atoms with Crippen LogP contribution in [-0.4, -0.2) is 23.6 Å². The summed E-state index contributed by atoms with van der Waals surface area (Å²) in [5, 5.41) is 4.86. The van der Waals surface area contributed by atoms with Crippen molar-refractivity contribution in [1.82, 2.24) is 5.32 Å². The summed E-state index contributed by atoms with van der Waals surface area (Å²) in [4.78, 5) is 0. The summed E-state index contributed by atoms with van der Waals surface area (Å²) in [6.07, 6.45) is 12.2. The highest BCUT2D eigenvalue weighted by molar-refractivity contribution is 7.99. The van der Waals surface area contributed by atoms with Crippen LogP contribution in [0.25, 0.3) is 0 Å². The predicted molar refractivity (Wildman–Crippen MR) is 78.7 cm³/mol. The lowest BCUT2D eigenvalue weighted by Crippen LogP contribution is -2.48. The second kappa shape index (κ2) is 6.47. The van der Waals surface area contributed by atoms with Gasteiger partial charge in [-0.15, -0.1) is 0 Å². The van der Waals surface area contributed by atoms with E-state index in [0.29, 0.717) is 0 Å². The summed E-state index contributed by atoms with van der Waals surface area (Å²) in [6.45, 7) is 4.86. The zero-order valence-electron chi connectivity index (χ0n) is 11.7. The smallest absolute Gasteiger partial charge is 0.0198 e. The lowest BCUT2D eigenvalue weighted by Gasteiger charge is -2.38. The summed E-state index contributed by atoms with van der Waals surface area (Å²) < 4.78 is 0. The molecule has 0 aliphatic heterocycles. The summed E-state index contributed by atoms with van der Waals surface area (Å²) >= 11 is 2.08. The molecule has 17 heavy (non-hydrogen) atoms. The Labute approximate surface area is 112 Å². The highest BCUT2D eigenvalue weighted by Crippen LogP contribution is 2.32. The molecule has 2 aliphatic carbocycles. The van der Waals surface area contributed by atoms with Crippen LogP contribution in [0.3, 0.4) is 0 Å². The van der Waals surface area contributed by atoms with E-state index < -0.39 is 0 Å². The Hall–Kier alpha value is 0.310. The molecule has 0 aromatic heterocycles. The van der Waals surface area contributed by atoms with Gasteiger partial charge in [-0.1, -0.05) is 26.7 Å². The van der Waals surface area contributed by atoms with E-state index in [1.165, 1.54) is 44.9 Å². The third kappa shape index (κ3) is 3.64. The Kier molecular flexibility index (Phi) is 5.23. The molecule has 1 N–H and O–H groups in total. The maximum Gasteiger partial charge on any atom is 0.0198 e. The van der Waals surface area contributed by atoms with Crippen molar-refractivity contribution in [2.45, 2.75) is 76.1 Å². The fourth-order valence-electron chi connectivity index (χ4n) is 3.57. The van der Waals surface area contributed by atoms with E-state index in [9.17, 15) is 0 Å². The molecule has 0 heterocycles. The van der Waals surface area contributed by atoms with Gasteiger partial charge in [0.1, 0.15) is 0 Å². The fraction of sp³-hybridized carbons (Fsp3) is 1.00. The first-order chi connectivity index (χ1) is 8.20. The molecule has 2 aliphatic rings. The molecule has 0 radical (unpaired) electrons. The molecule has 1 nitrogen and oxygen atoms in total. The minimum atomic E-state index is 0.796. The van der Waals surface area contributed by atoms with E-state index >= 15 is 0 Å². The van der Waals surface area contributed by atoms with Crippen molar-refractivity contribution in [2.24, 2.45) is 11.8 Å². The van der Waals surface area contributed by atoms with Gasteiger partial charge in [0.15, 0.2) is 0 Å². The van der Waals surface area contributed by atoms with Gasteiger partial charge < -0.3 is 5.32 Å². The van der Waals surface area contributed by atoms with E-state index in [1.807, 2.05) is 0 Å². The van der Waals surface area contributed by atoms with Crippen LogP contribution in [0.4, 0.5) is 0 Å². The van der Waals surface area contributed by atoms with Crippen molar-refractivity contribution in [3.8, 4) is 0 Å². The van der Waals surface area contributed by atoms with Gasteiger partial charge in [0.05, 0.1) is 0 Å². The normalized spacial score (nSPS) is 43.6. The summed E-state index contributed by atoms with van der Waals surface area (Å²) in [5.41, 5.74) is 0. The number of rotatable bonds is 3. The maximum absolute atomic E-state index is 3.99. The van der Waals surface area contributed by atoms with Gasteiger partial charge in [0, 0.05) is 17.3 Å². The van der Waals surface area contributed by atoms with E-state index in [1.54, 1.807) is 0 Å². The molecule has 2 fully saturated rings. The molecular formula is C15H29NS. The Morgan fingerprint density at radius 2 is 1.71 bits per heavy atom. The highest BCUT2D eigenvalue weighted by Gasteiger charge is 2.30. The third-order valence-corrected chi connectivity index (χ3v) is 6.22. The van der Waals surface area contributed by atoms with Crippen LogP contribution >= 0.6 is 11.8 Å².